The first-order chi connectivity index (χ1) is 32.3. The molecule has 2 aromatic heterocycles. The third-order valence-corrected chi connectivity index (χ3v) is 11.6. The second-order valence-corrected chi connectivity index (χ2v) is 17.7. The average Bonchev–Trinajstić information content (AvgIpc) is 4.11. The molecule has 18 nitrogen and oxygen atoms in total. The molecule has 7 N–H and O–H groups in total. The summed E-state index contributed by atoms with van der Waals surface area (Å²) in [7, 11) is 0. The van der Waals surface area contributed by atoms with Gasteiger partial charge in [0.1, 0.15) is 11.6 Å². The number of rotatable bonds is 10. The molecule has 0 spiro atoms. The molecule has 4 aliphatic heterocycles. The molecule has 68 heavy (non-hydrogen) atoms. The second kappa shape index (κ2) is 20.2. The number of carbonyl (C=O) groups excluding carboxylic acids is 5. The number of anilines is 2. The van der Waals surface area contributed by atoms with E-state index in [2.05, 4.69) is 47.0 Å². The zero-order valence-electron chi connectivity index (χ0n) is 37.5. The molecule has 352 valence electrons. The summed E-state index contributed by atoms with van der Waals surface area (Å²) in [5.41, 5.74) is 11.2. The van der Waals surface area contributed by atoms with Crippen LogP contribution < -0.4 is 26.8 Å². The van der Waals surface area contributed by atoms with Crippen molar-refractivity contribution in [3.8, 4) is 0 Å². The number of halogens is 1. The van der Waals surface area contributed by atoms with Crippen LogP contribution in [0.25, 0.3) is 21.8 Å². The third-order valence-electron chi connectivity index (χ3n) is 11.6. The Kier molecular flexibility index (Phi) is 14.0. The van der Waals surface area contributed by atoms with E-state index in [1.54, 1.807) is 63.8 Å². The summed E-state index contributed by atoms with van der Waals surface area (Å²) in [5.74, 6) is -1.22. The summed E-state index contributed by atoms with van der Waals surface area (Å²) < 4.78 is 17.6. The molecular formula is C49H51ClN10O8. The van der Waals surface area contributed by atoms with Gasteiger partial charge in [0, 0.05) is 69.7 Å². The lowest BCUT2D eigenvalue weighted by Gasteiger charge is -2.28. The van der Waals surface area contributed by atoms with Gasteiger partial charge in [0.05, 0.1) is 61.6 Å². The number of nitrogens with zero attached hydrogens (tertiary/aromatic N) is 3. The summed E-state index contributed by atoms with van der Waals surface area (Å²) in [4.78, 5) is 71.8. The normalized spacial score (nSPS) is 19.2. The van der Waals surface area contributed by atoms with Gasteiger partial charge < -0.3 is 40.1 Å². The average molecular weight is 943 g/mol. The smallest absolute Gasteiger partial charge is 0.411 e. The van der Waals surface area contributed by atoms with Gasteiger partial charge in [-0.1, -0.05) is 60.7 Å². The van der Waals surface area contributed by atoms with Crippen LogP contribution in [0.1, 0.15) is 76.6 Å². The maximum Gasteiger partial charge on any atom is 0.411 e. The number of hydrogen-bond donors (Lipinski definition) is 7. The highest BCUT2D eigenvalue weighted by molar-refractivity contribution is 6.17. The van der Waals surface area contributed by atoms with E-state index in [9.17, 15) is 24.0 Å². The summed E-state index contributed by atoms with van der Waals surface area (Å²) in [6.45, 7) is 7.08. The molecule has 4 aliphatic rings. The van der Waals surface area contributed by atoms with Crippen molar-refractivity contribution in [2.75, 3.05) is 23.7 Å². The zero-order chi connectivity index (χ0) is 46.7. The van der Waals surface area contributed by atoms with E-state index in [-0.39, 0.29) is 60.8 Å². The van der Waals surface area contributed by atoms with Crippen LogP contribution in [0.4, 0.5) is 16.2 Å². The van der Waals surface area contributed by atoms with E-state index in [0.29, 0.717) is 60.6 Å². The number of aromatic amines is 2. The summed E-state index contributed by atoms with van der Waals surface area (Å²) >= 11 is 0. The van der Waals surface area contributed by atoms with Crippen molar-refractivity contribution in [1.82, 2.24) is 31.0 Å². The Balaban J connectivity index is 0.000000185. The van der Waals surface area contributed by atoms with Gasteiger partial charge in [-0.2, -0.15) is 10.2 Å². The number of hydrazone groups is 2. The van der Waals surface area contributed by atoms with Gasteiger partial charge in [-0.25, -0.2) is 15.6 Å². The van der Waals surface area contributed by atoms with Crippen molar-refractivity contribution >= 4 is 87.7 Å². The first kappa shape index (κ1) is 47.1. The van der Waals surface area contributed by atoms with Crippen LogP contribution in [0.5, 0.6) is 0 Å². The number of nitrogens with one attached hydrogen (secondary N) is 7. The van der Waals surface area contributed by atoms with E-state index in [4.69, 9.17) is 14.2 Å². The highest BCUT2D eigenvalue weighted by atomic mass is 35.5. The standard InChI is InChI=1S/C27H29N5O5.C22H21N5O3.ClH/c1-27(2,3)37-26(35)32-14-19(36-15-16-7-5-4-6-8-16)11-22(32)25(34)30-18-9-20-23-17(12-28-21(23)10-18)13-29-31-24(20)33;28-21-17-6-15(7-18-20(17)14(9-23-18)10-25-27-21)26-22(29)19-8-16(11-24-19)30-12-13-4-2-1-3-5-13;/h4-10,12-13,19,22,28H,11,14-15H2,1-3H3,(H,30,34)(H,31,33);1-7,9-10,16,19,23-24H,8,11-12H2,(H,26,29)(H,27,28);1H/t19-,22+;16-,19+;/m11./s1. The molecule has 2 fully saturated rings. The minimum Gasteiger partial charge on any atom is -0.444 e. The minimum absolute atomic E-state index is 0. The van der Waals surface area contributed by atoms with Crippen molar-refractivity contribution in [3.05, 3.63) is 131 Å². The predicted octanol–water partition coefficient (Wildman–Crippen LogP) is 6.33. The molecule has 5 amide bonds. The van der Waals surface area contributed by atoms with Crippen molar-refractivity contribution in [1.29, 1.82) is 0 Å². The molecule has 0 saturated carbocycles. The maximum absolute atomic E-state index is 13.5. The van der Waals surface area contributed by atoms with Crippen LogP contribution in [-0.4, -0.2) is 100 Å². The van der Waals surface area contributed by atoms with Crippen LogP contribution in [0.3, 0.4) is 0 Å². The van der Waals surface area contributed by atoms with E-state index < -0.39 is 17.7 Å². The van der Waals surface area contributed by atoms with Crippen molar-refractivity contribution in [2.24, 2.45) is 10.2 Å². The molecule has 10 rings (SSSR count). The summed E-state index contributed by atoms with van der Waals surface area (Å²) in [6.07, 6.45) is 6.67. The second-order valence-electron chi connectivity index (χ2n) is 17.7. The van der Waals surface area contributed by atoms with Gasteiger partial charge in [-0.3, -0.25) is 24.1 Å². The first-order valence-corrected chi connectivity index (χ1v) is 22.0. The highest BCUT2D eigenvalue weighted by Crippen LogP contribution is 2.31. The topological polar surface area (TPSA) is 233 Å². The lowest BCUT2D eigenvalue weighted by Crippen LogP contribution is -2.45. The lowest BCUT2D eigenvalue weighted by atomic mass is 10.0. The quantitative estimate of drug-likeness (QED) is 0.0812. The van der Waals surface area contributed by atoms with E-state index in [1.165, 1.54) is 4.90 Å². The molecule has 0 aliphatic carbocycles. The first-order valence-electron chi connectivity index (χ1n) is 22.0. The van der Waals surface area contributed by atoms with Crippen LogP contribution in [0.15, 0.2) is 108 Å². The minimum atomic E-state index is -0.804. The fourth-order valence-corrected chi connectivity index (χ4v) is 8.49. The van der Waals surface area contributed by atoms with Crippen LogP contribution in [0.2, 0.25) is 0 Å². The molecule has 6 heterocycles. The predicted molar refractivity (Wildman–Crippen MR) is 259 cm³/mol. The Bertz CT molecular complexity index is 2910. The number of carbonyl (C=O) groups is 5. The number of amides is 5. The number of likely N-dealkylation sites (tertiary alicyclic amines) is 1. The molecule has 0 bridgehead atoms. The van der Waals surface area contributed by atoms with Crippen LogP contribution in [0, 0.1) is 0 Å². The van der Waals surface area contributed by atoms with Gasteiger partial charge >= 0.3 is 6.09 Å². The molecule has 0 radical (unpaired) electrons. The van der Waals surface area contributed by atoms with Crippen molar-refractivity contribution in [3.63, 3.8) is 0 Å². The van der Waals surface area contributed by atoms with Crippen LogP contribution in [-0.2, 0) is 37.0 Å². The number of H-pyrrole nitrogens is 2. The number of hydrogen-bond acceptors (Lipinski definition) is 11. The Hall–Kier alpha value is -7.38. The Morgan fingerprint density at radius 3 is 1.75 bits per heavy atom. The molecule has 2 saturated heterocycles. The number of benzene rings is 4. The van der Waals surface area contributed by atoms with Crippen molar-refractivity contribution < 1.29 is 38.2 Å². The monoisotopic (exact) mass is 942 g/mol. The largest absolute Gasteiger partial charge is 0.444 e. The van der Waals surface area contributed by atoms with Gasteiger partial charge in [-0.05, 0) is 62.6 Å². The Labute approximate surface area is 397 Å². The van der Waals surface area contributed by atoms with Gasteiger partial charge in [0.2, 0.25) is 11.8 Å². The Morgan fingerprint density at radius 2 is 1.22 bits per heavy atom. The van der Waals surface area contributed by atoms with E-state index in [1.807, 2.05) is 66.7 Å². The highest BCUT2D eigenvalue weighted by Gasteiger charge is 2.42. The van der Waals surface area contributed by atoms with Gasteiger partial charge in [0.25, 0.3) is 11.8 Å². The molecule has 4 aromatic carbocycles. The third kappa shape index (κ3) is 10.7. The number of aromatic nitrogens is 2. The molecule has 4 atom stereocenters. The molecule has 19 heteroatoms. The molecule has 6 aromatic rings. The van der Waals surface area contributed by atoms with E-state index in [0.717, 1.165) is 38.5 Å². The SMILES string of the molecule is CC(C)(C)OC(=O)N1C[C@H](OCc2ccccc2)C[C@H]1C(=O)Nc1cc2c3c(c[nH]c3c1)C=NNC2=O.Cl.O=C1NN=Cc2c[nH]c3cc(NC(=O)[C@@H]4C[C@@H](OCc5ccccc5)CN4)cc1c23. The van der Waals surface area contributed by atoms with Gasteiger partial charge in [-0.15, -0.1) is 12.4 Å². The zero-order valence-corrected chi connectivity index (χ0v) is 38.3. The maximum atomic E-state index is 13.5. The lowest BCUT2D eigenvalue weighted by molar-refractivity contribution is -0.120. The van der Waals surface area contributed by atoms with Crippen molar-refractivity contribution in [2.45, 2.75) is 76.7 Å². The Morgan fingerprint density at radius 1 is 0.706 bits per heavy atom. The van der Waals surface area contributed by atoms with Gasteiger partial charge in [0.15, 0.2) is 0 Å². The molecule has 0 unspecified atom stereocenters. The molecular weight excluding hydrogens is 892 g/mol. The van der Waals surface area contributed by atoms with Crippen LogP contribution >= 0.6 is 12.4 Å². The fourth-order valence-electron chi connectivity index (χ4n) is 8.49. The summed E-state index contributed by atoms with van der Waals surface area (Å²) in [6, 6.07) is 25.4. The van der Waals surface area contributed by atoms with E-state index >= 15 is 0 Å². The fraction of sp³-hybridized carbons (Fsp3) is 0.286. The summed E-state index contributed by atoms with van der Waals surface area (Å²) in [5, 5.41) is 18.4. The number of ether oxygens (including phenoxy) is 3.